The first-order valence-corrected chi connectivity index (χ1v) is 11.0. The number of aromatic nitrogens is 2. The molecule has 2 aromatic heterocycles. The molecule has 3 aromatic rings. The Labute approximate surface area is 185 Å². The van der Waals surface area contributed by atoms with Gasteiger partial charge in [-0.2, -0.15) is 4.39 Å². The molecule has 1 saturated heterocycles. The first-order chi connectivity index (χ1) is 15.4. The summed E-state index contributed by atoms with van der Waals surface area (Å²) >= 11 is 0. The summed E-state index contributed by atoms with van der Waals surface area (Å²) in [5, 5.41) is 3.68. The Hall–Kier alpha value is -3.26. The Balaban J connectivity index is 1.29. The molecule has 32 heavy (non-hydrogen) atoms. The Morgan fingerprint density at radius 2 is 1.97 bits per heavy atom. The predicted octanol–water partition coefficient (Wildman–Crippen LogP) is 2.15. The lowest BCUT2D eigenvalue weighted by molar-refractivity contribution is 0.0957. The van der Waals surface area contributed by atoms with Crippen LogP contribution in [0.15, 0.2) is 29.1 Å². The van der Waals surface area contributed by atoms with Crippen LogP contribution in [-0.2, 0) is 19.4 Å². The summed E-state index contributed by atoms with van der Waals surface area (Å²) in [5.74, 6) is -1.02. The molecule has 5 rings (SSSR count). The molecule has 1 fully saturated rings. The van der Waals surface area contributed by atoms with Gasteiger partial charge in [-0.15, -0.1) is 0 Å². The molecule has 0 unspecified atom stereocenters. The Bertz CT molecular complexity index is 1280. The van der Waals surface area contributed by atoms with Gasteiger partial charge in [-0.3, -0.25) is 14.5 Å². The third-order valence-corrected chi connectivity index (χ3v) is 6.68. The van der Waals surface area contributed by atoms with Crippen molar-refractivity contribution in [1.29, 1.82) is 0 Å². The van der Waals surface area contributed by atoms with Gasteiger partial charge in [0.05, 0.1) is 5.69 Å². The quantitative estimate of drug-likeness (QED) is 0.614. The molecular formula is C24H26FN5O2. The van der Waals surface area contributed by atoms with Crippen LogP contribution >= 0.6 is 0 Å². The summed E-state index contributed by atoms with van der Waals surface area (Å²) in [6, 6.07) is 7.55. The van der Waals surface area contributed by atoms with Gasteiger partial charge in [0.2, 0.25) is 5.95 Å². The average Bonchev–Trinajstić information content (AvgIpc) is 3.22. The number of carbonyl (C=O) groups is 1. The fourth-order valence-corrected chi connectivity index (χ4v) is 4.95. The van der Waals surface area contributed by atoms with E-state index in [1.165, 1.54) is 29.1 Å². The first kappa shape index (κ1) is 20.6. The van der Waals surface area contributed by atoms with Crippen molar-refractivity contribution in [2.45, 2.75) is 26.3 Å². The molecule has 166 valence electrons. The van der Waals surface area contributed by atoms with E-state index in [9.17, 15) is 14.0 Å². The van der Waals surface area contributed by atoms with Gasteiger partial charge < -0.3 is 15.2 Å². The number of rotatable bonds is 4. The number of benzene rings is 1. The molecule has 0 spiro atoms. The number of H-pyrrole nitrogens is 1. The second-order valence-corrected chi connectivity index (χ2v) is 8.58. The molecular weight excluding hydrogens is 409 g/mol. The summed E-state index contributed by atoms with van der Waals surface area (Å²) < 4.78 is 14.5. The minimum atomic E-state index is -0.618. The summed E-state index contributed by atoms with van der Waals surface area (Å²) in [5.41, 5.74) is 5.98. The zero-order valence-electron chi connectivity index (χ0n) is 18.3. The molecule has 8 heteroatoms. The van der Waals surface area contributed by atoms with Gasteiger partial charge >= 0.3 is 0 Å². The minimum Gasteiger partial charge on any atom is -0.365 e. The van der Waals surface area contributed by atoms with Crippen molar-refractivity contribution < 1.29 is 9.18 Å². The zero-order chi connectivity index (χ0) is 22.4. The molecule has 1 aliphatic carbocycles. The average molecular weight is 436 g/mol. The number of nitrogens with one attached hydrogen (secondary N) is 2. The number of aryl methyl sites for hydroxylation is 2. The fraction of sp³-hybridized carbons (Fsp3) is 0.375. The van der Waals surface area contributed by atoms with Crippen LogP contribution in [0.3, 0.4) is 0 Å². The van der Waals surface area contributed by atoms with Crippen LogP contribution in [0.1, 0.15) is 32.7 Å². The summed E-state index contributed by atoms with van der Waals surface area (Å²) in [4.78, 5) is 35.1. The molecule has 1 amide bonds. The van der Waals surface area contributed by atoms with Crippen molar-refractivity contribution in [2.24, 2.45) is 0 Å². The smallest absolute Gasteiger partial charge is 0.269 e. The van der Waals surface area contributed by atoms with Crippen molar-refractivity contribution >= 4 is 22.5 Å². The van der Waals surface area contributed by atoms with E-state index in [1.807, 2.05) is 11.8 Å². The lowest BCUT2D eigenvalue weighted by Crippen LogP contribution is -2.46. The van der Waals surface area contributed by atoms with E-state index in [1.54, 1.807) is 12.1 Å². The third-order valence-electron chi connectivity index (χ3n) is 6.68. The standard InChI is InChI=1S/C24H26FN5O2/c1-14-17-4-3-16-11-15(12-19(21(16)17)28-23(14)31)13-29-7-9-30(10-8-29)20-6-5-18(24(32)26-2)27-22(20)25/h5-6,11-12H,3-4,7-10,13H2,1-2H3,(H,26,32)(H,28,31). The molecule has 0 bridgehead atoms. The van der Waals surface area contributed by atoms with E-state index in [-0.39, 0.29) is 11.3 Å². The maximum Gasteiger partial charge on any atom is 0.269 e. The number of pyridine rings is 2. The van der Waals surface area contributed by atoms with Crippen molar-refractivity contribution in [2.75, 3.05) is 38.1 Å². The van der Waals surface area contributed by atoms with Crippen LogP contribution in [0, 0.1) is 12.9 Å². The molecule has 0 radical (unpaired) electrons. The fourth-order valence-electron chi connectivity index (χ4n) is 4.95. The van der Waals surface area contributed by atoms with Gasteiger partial charge in [0.15, 0.2) is 0 Å². The molecule has 3 heterocycles. The number of amides is 1. The van der Waals surface area contributed by atoms with Crippen molar-refractivity contribution in [3.63, 3.8) is 0 Å². The van der Waals surface area contributed by atoms with Crippen LogP contribution in [0.4, 0.5) is 10.1 Å². The number of hydrogen-bond acceptors (Lipinski definition) is 5. The number of aromatic amines is 1. The maximum atomic E-state index is 14.5. The van der Waals surface area contributed by atoms with Crippen LogP contribution in [0.5, 0.6) is 0 Å². The van der Waals surface area contributed by atoms with Gasteiger partial charge in [-0.25, -0.2) is 4.98 Å². The number of hydrogen-bond donors (Lipinski definition) is 2. The number of piperazine rings is 1. The summed E-state index contributed by atoms with van der Waals surface area (Å²) in [6.45, 7) is 5.63. The zero-order valence-corrected chi connectivity index (χ0v) is 18.3. The highest BCUT2D eigenvalue weighted by atomic mass is 19.1. The number of carbonyl (C=O) groups excluding carboxylic acids is 1. The van der Waals surface area contributed by atoms with Gasteiger partial charge in [-0.1, -0.05) is 6.07 Å². The highest BCUT2D eigenvalue weighted by molar-refractivity contribution is 5.92. The van der Waals surface area contributed by atoms with E-state index in [0.717, 1.165) is 43.6 Å². The highest BCUT2D eigenvalue weighted by Crippen LogP contribution is 2.32. The van der Waals surface area contributed by atoms with Gasteiger partial charge in [0.1, 0.15) is 5.69 Å². The van der Waals surface area contributed by atoms with Gasteiger partial charge in [0, 0.05) is 56.2 Å². The van der Waals surface area contributed by atoms with Gasteiger partial charge in [0.25, 0.3) is 11.5 Å². The van der Waals surface area contributed by atoms with Gasteiger partial charge in [-0.05, 0) is 54.7 Å². The third kappa shape index (κ3) is 3.54. The number of nitrogens with zero attached hydrogens (tertiary/aromatic N) is 3. The van der Waals surface area contributed by atoms with Crippen molar-refractivity contribution in [3.05, 3.63) is 68.5 Å². The molecule has 0 saturated carbocycles. The normalized spacial score (nSPS) is 16.0. The van der Waals surface area contributed by atoms with E-state index < -0.39 is 11.9 Å². The summed E-state index contributed by atoms with van der Waals surface area (Å²) in [7, 11) is 1.50. The largest absolute Gasteiger partial charge is 0.365 e. The van der Waals surface area contributed by atoms with Crippen LogP contribution < -0.4 is 15.8 Å². The maximum absolute atomic E-state index is 14.5. The summed E-state index contributed by atoms with van der Waals surface area (Å²) in [6.07, 6.45) is 1.91. The van der Waals surface area contributed by atoms with E-state index in [4.69, 9.17) is 0 Å². The molecule has 1 aliphatic heterocycles. The lowest BCUT2D eigenvalue weighted by atomic mass is 10.0. The minimum absolute atomic E-state index is 0.00388. The number of halogens is 1. The van der Waals surface area contributed by atoms with Crippen molar-refractivity contribution in [3.8, 4) is 0 Å². The Kier molecular flexibility index (Phi) is 5.17. The topological polar surface area (TPSA) is 81.3 Å². The van der Waals surface area contributed by atoms with Crippen molar-refractivity contribution in [1.82, 2.24) is 20.2 Å². The second-order valence-electron chi connectivity index (χ2n) is 8.58. The molecule has 1 aromatic carbocycles. The second kappa shape index (κ2) is 8.02. The first-order valence-electron chi connectivity index (χ1n) is 11.0. The van der Waals surface area contributed by atoms with Crippen LogP contribution in [0.2, 0.25) is 0 Å². The van der Waals surface area contributed by atoms with E-state index >= 15 is 0 Å². The lowest BCUT2D eigenvalue weighted by Gasteiger charge is -2.36. The molecule has 2 aliphatic rings. The van der Waals surface area contributed by atoms with E-state index in [2.05, 4.69) is 32.3 Å². The Morgan fingerprint density at radius 3 is 2.69 bits per heavy atom. The Morgan fingerprint density at radius 1 is 1.19 bits per heavy atom. The predicted molar refractivity (Wildman–Crippen MR) is 122 cm³/mol. The molecule has 7 nitrogen and oxygen atoms in total. The number of anilines is 1. The molecule has 2 N–H and O–H groups in total. The molecule has 0 atom stereocenters. The highest BCUT2D eigenvalue weighted by Gasteiger charge is 2.23. The SMILES string of the molecule is CNC(=O)c1ccc(N2CCN(Cc3cc4c5c(c(C)c(=O)[nH]c5c3)CC4)CC2)c(F)n1. The van der Waals surface area contributed by atoms with Crippen LogP contribution in [0.25, 0.3) is 10.9 Å². The van der Waals surface area contributed by atoms with E-state index in [0.29, 0.717) is 18.8 Å². The van der Waals surface area contributed by atoms with Crippen LogP contribution in [-0.4, -0.2) is 54.0 Å². The monoisotopic (exact) mass is 435 g/mol.